The van der Waals surface area contributed by atoms with Crippen molar-refractivity contribution in [3.8, 4) is 5.75 Å². The Hall–Kier alpha value is -2.08. The molecule has 0 spiro atoms. The smallest absolute Gasteiger partial charge is 0.260 e. The SMILES string of the molecule is CC1CCN(CCNC(=O)c2ccc(OCC(=O)N3C(C)CCCC3C)cc2)CC1. The molecule has 0 bridgehead atoms. The summed E-state index contributed by atoms with van der Waals surface area (Å²) < 4.78 is 5.69. The highest BCUT2D eigenvalue weighted by Gasteiger charge is 2.29. The molecule has 2 atom stereocenters. The molecule has 1 aromatic rings. The summed E-state index contributed by atoms with van der Waals surface area (Å²) in [7, 11) is 0. The second kappa shape index (κ2) is 10.8. The second-order valence-electron chi connectivity index (χ2n) is 9.02. The van der Waals surface area contributed by atoms with Crippen LogP contribution in [-0.2, 0) is 4.79 Å². The Morgan fingerprint density at radius 1 is 1.00 bits per heavy atom. The van der Waals surface area contributed by atoms with E-state index in [1.54, 1.807) is 24.3 Å². The fraction of sp³-hybridized carbons (Fsp3) is 0.667. The molecule has 6 heteroatoms. The molecule has 166 valence electrons. The topological polar surface area (TPSA) is 61.9 Å². The summed E-state index contributed by atoms with van der Waals surface area (Å²) in [6.45, 7) is 10.3. The first-order chi connectivity index (χ1) is 14.4. The Labute approximate surface area is 180 Å². The van der Waals surface area contributed by atoms with Crippen molar-refractivity contribution in [3.05, 3.63) is 29.8 Å². The van der Waals surface area contributed by atoms with E-state index in [1.807, 2.05) is 4.90 Å². The number of likely N-dealkylation sites (tertiary alicyclic amines) is 2. The van der Waals surface area contributed by atoms with E-state index in [0.29, 0.717) is 17.9 Å². The molecule has 1 N–H and O–H groups in total. The van der Waals surface area contributed by atoms with Gasteiger partial charge in [0, 0.05) is 30.7 Å². The fourth-order valence-corrected chi connectivity index (χ4v) is 4.55. The lowest BCUT2D eigenvalue weighted by molar-refractivity contribution is -0.139. The van der Waals surface area contributed by atoms with E-state index in [4.69, 9.17) is 4.74 Å². The highest BCUT2D eigenvalue weighted by Crippen LogP contribution is 2.23. The van der Waals surface area contributed by atoms with Crippen LogP contribution in [0.2, 0.25) is 0 Å². The van der Waals surface area contributed by atoms with Crippen molar-refractivity contribution in [2.24, 2.45) is 5.92 Å². The normalized spacial score (nSPS) is 23.2. The van der Waals surface area contributed by atoms with Gasteiger partial charge in [0.05, 0.1) is 0 Å². The Balaban J connectivity index is 1.40. The minimum absolute atomic E-state index is 0.0311. The average molecular weight is 416 g/mol. The molecule has 2 aliphatic heterocycles. The van der Waals surface area contributed by atoms with Gasteiger partial charge in [-0.15, -0.1) is 0 Å². The molecule has 3 rings (SSSR count). The van der Waals surface area contributed by atoms with Crippen LogP contribution < -0.4 is 10.1 Å². The van der Waals surface area contributed by atoms with Gasteiger partial charge < -0.3 is 19.9 Å². The van der Waals surface area contributed by atoms with Crippen molar-refractivity contribution < 1.29 is 14.3 Å². The molecule has 0 radical (unpaired) electrons. The highest BCUT2D eigenvalue weighted by atomic mass is 16.5. The molecule has 2 heterocycles. The van der Waals surface area contributed by atoms with Crippen molar-refractivity contribution in [1.82, 2.24) is 15.1 Å². The van der Waals surface area contributed by atoms with E-state index < -0.39 is 0 Å². The number of benzene rings is 1. The molecular weight excluding hydrogens is 378 g/mol. The van der Waals surface area contributed by atoms with Gasteiger partial charge in [0.25, 0.3) is 11.8 Å². The molecule has 2 fully saturated rings. The van der Waals surface area contributed by atoms with Crippen LogP contribution in [0.3, 0.4) is 0 Å². The Morgan fingerprint density at radius 3 is 2.27 bits per heavy atom. The minimum atomic E-state index is -0.0704. The largest absolute Gasteiger partial charge is 0.484 e. The summed E-state index contributed by atoms with van der Waals surface area (Å²) in [5.74, 6) is 1.39. The van der Waals surface area contributed by atoms with Crippen LogP contribution in [-0.4, -0.2) is 66.5 Å². The predicted octanol–water partition coefficient (Wildman–Crippen LogP) is 3.32. The van der Waals surface area contributed by atoms with Gasteiger partial charge in [0.2, 0.25) is 0 Å². The number of piperidine rings is 2. The quantitative estimate of drug-likeness (QED) is 0.742. The number of ether oxygens (including phenoxy) is 1. The Bertz CT molecular complexity index is 688. The van der Waals surface area contributed by atoms with Gasteiger partial charge >= 0.3 is 0 Å². The van der Waals surface area contributed by atoms with Crippen LogP contribution in [0.15, 0.2) is 24.3 Å². The Kier molecular flexibility index (Phi) is 8.14. The first-order valence-corrected chi connectivity index (χ1v) is 11.5. The van der Waals surface area contributed by atoms with E-state index in [2.05, 4.69) is 31.0 Å². The van der Waals surface area contributed by atoms with Crippen molar-refractivity contribution >= 4 is 11.8 Å². The van der Waals surface area contributed by atoms with Gasteiger partial charge in [0.15, 0.2) is 6.61 Å². The molecule has 2 unspecified atom stereocenters. The molecule has 0 aromatic heterocycles. The number of nitrogens with one attached hydrogen (secondary N) is 1. The Morgan fingerprint density at radius 2 is 1.63 bits per heavy atom. The lowest BCUT2D eigenvalue weighted by Crippen LogP contribution is -2.49. The third-order valence-corrected chi connectivity index (χ3v) is 6.55. The molecule has 6 nitrogen and oxygen atoms in total. The number of carbonyl (C=O) groups excluding carboxylic acids is 2. The van der Waals surface area contributed by atoms with Gasteiger partial charge in [-0.05, 0) is 89.2 Å². The molecule has 2 aliphatic rings. The van der Waals surface area contributed by atoms with Crippen LogP contribution in [0.5, 0.6) is 5.75 Å². The average Bonchev–Trinajstić information content (AvgIpc) is 2.74. The molecule has 0 aliphatic carbocycles. The maximum absolute atomic E-state index is 12.6. The number of hydrogen-bond donors (Lipinski definition) is 1. The standard InChI is InChI=1S/C24H37N3O3/c1-18-11-14-26(15-12-18)16-13-25-24(29)21-7-9-22(10-8-21)30-17-23(28)27-19(2)5-4-6-20(27)3/h7-10,18-20H,4-6,11-17H2,1-3H3,(H,25,29). The van der Waals surface area contributed by atoms with Gasteiger partial charge in [0.1, 0.15) is 5.75 Å². The van der Waals surface area contributed by atoms with Crippen LogP contribution >= 0.6 is 0 Å². The van der Waals surface area contributed by atoms with Gasteiger partial charge in [-0.25, -0.2) is 0 Å². The minimum Gasteiger partial charge on any atom is -0.484 e. The molecule has 2 amide bonds. The lowest BCUT2D eigenvalue weighted by atomic mass is 9.97. The van der Waals surface area contributed by atoms with Crippen LogP contribution in [0.4, 0.5) is 0 Å². The summed E-state index contributed by atoms with van der Waals surface area (Å²) in [6.07, 6.45) is 5.77. The highest BCUT2D eigenvalue weighted by molar-refractivity contribution is 5.94. The number of amides is 2. The van der Waals surface area contributed by atoms with E-state index in [9.17, 15) is 9.59 Å². The summed E-state index contributed by atoms with van der Waals surface area (Å²) in [5.41, 5.74) is 0.610. The summed E-state index contributed by atoms with van der Waals surface area (Å²) >= 11 is 0. The predicted molar refractivity (Wildman–Crippen MR) is 119 cm³/mol. The summed E-state index contributed by atoms with van der Waals surface area (Å²) in [6, 6.07) is 7.57. The maximum Gasteiger partial charge on any atom is 0.260 e. The van der Waals surface area contributed by atoms with Gasteiger partial charge in [-0.1, -0.05) is 6.92 Å². The van der Waals surface area contributed by atoms with Crippen molar-refractivity contribution in [3.63, 3.8) is 0 Å². The fourth-order valence-electron chi connectivity index (χ4n) is 4.55. The zero-order chi connectivity index (χ0) is 21.5. The third-order valence-electron chi connectivity index (χ3n) is 6.55. The van der Waals surface area contributed by atoms with E-state index in [0.717, 1.165) is 38.4 Å². The maximum atomic E-state index is 12.6. The number of carbonyl (C=O) groups is 2. The van der Waals surface area contributed by atoms with Crippen LogP contribution in [0.1, 0.15) is 63.2 Å². The number of nitrogens with zero attached hydrogens (tertiary/aromatic N) is 2. The molecule has 30 heavy (non-hydrogen) atoms. The second-order valence-corrected chi connectivity index (χ2v) is 9.02. The van der Waals surface area contributed by atoms with Crippen molar-refractivity contribution in [2.75, 3.05) is 32.8 Å². The summed E-state index contributed by atoms with van der Waals surface area (Å²) in [4.78, 5) is 29.3. The first-order valence-electron chi connectivity index (χ1n) is 11.5. The third kappa shape index (κ3) is 6.21. The zero-order valence-electron chi connectivity index (χ0n) is 18.7. The van der Waals surface area contributed by atoms with Crippen molar-refractivity contribution in [1.29, 1.82) is 0 Å². The molecule has 2 saturated heterocycles. The molecule has 0 saturated carbocycles. The van der Waals surface area contributed by atoms with Crippen LogP contribution in [0.25, 0.3) is 0 Å². The van der Waals surface area contributed by atoms with Gasteiger partial charge in [-0.3, -0.25) is 9.59 Å². The monoisotopic (exact) mass is 415 g/mol. The summed E-state index contributed by atoms with van der Waals surface area (Å²) in [5, 5.41) is 3.00. The van der Waals surface area contributed by atoms with E-state index in [1.165, 1.54) is 19.3 Å². The zero-order valence-corrected chi connectivity index (χ0v) is 18.7. The van der Waals surface area contributed by atoms with E-state index in [-0.39, 0.29) is 30.5 Å². The van der Waals surface area contributed by atoms with Crippen molar-refractivity contribution in [2.45, 2.75) is 65.0 Å². The lowest BCUT2D eigenvalue weighted by Gasteiger charge is -2.38. The van der Waals surface area contributed by atoms with Crippen LogP contribution in [0, 0.1) is 5.92 Å². The van der Waals surface area contributed by atoms with E-state index >= 15 is 0 Å². The number of rotatable bonds is 7. The first kappa shape index (κ1) is 22.6. The van der Waals surface area contributed by atoms with Gasteiger partial charge in [-0.2, -0.15) is 0 Å². The molecular formula is C24H37N3O3. The number of hydrogen-bond acceptors (Lipinski definition) is 4. The molecule has 1 aromatic carbocycles.